The van der Waals surface area contributed by atoms with E-state index in [0.29, 0.717) is 0 Å². The lowest BCUT2D eigenvalue weighted by Gasteiger charge is -2.50. The summed E-state index contributed by atoms with van der Waals surface area (Å²) in [5.41, 5.74) is 32.1. The summed E-state index contributed by atoms with van der Waals surface area (Å²) in [5, 5.41) is 8.95. The van der Waals surface area contributed by atoms with Crippen molar-refractivity contribution in [3.63, 3.8) is 0 Å². The zero-order chi connectivity index (χ0) is 71.6. The Kier molecular flexibility index (Phi) is 14.1. The van der Waals surface area contributed by atoms with Crippen LogP contribution in [-0.2, 0) is 10.8 Å². The van der Waals surface area contributed by atoms with Gasteiger partial charge in [0.05, 0.1) is 6.04 Å². The first-order valence-corrected chi connectivity index (χ1v) is 37.7. The third-order valence-corrected chi connectivity index (χ3v) is 23.3. The first-order valence-electron chi connectivity index (χ1n) is 37.7. The van der Waals surface area contributed by atoms with Gasteiger partial charge in [-0.1, -0.05) is 278 Å². The average Bonchev–Trinajstić information content (AvgIpc) is 1.51. The minimum absolute atomic E-state index is 0.0854. The number of hydrogen-bond acceptors (Lipinski definition) is 6. The fraction of sp³-hybridized carbons (Fsp3) is 0.120. The molecule has 6 heterocycles. The lowest BCUT2D eigenvalue weighted by atomic mass is 9.31. The summed E-state index contributed by atoms with van der Waals surface area (Å²) in [6.07, 6.45) is 12.3. The van der Waals surface area contributed by atoms with Crippen molar-refractivity contribution in [2.75, 3.05) is 9.80 Å². The van der Waals surface area contributed by atoms with Crippen LogP contribution in [0.15, 0.2) is 320 Å². The van der Waals surface area contributed by atoms with Gasteiger partial charge in [-0.3, -0.25) is 0 Å². The minimum Gasteiger partial charge on any atom is -0.456 e. The predicted molar refractivity (Wildman–Crippen MR) is 447 cm³/mol. The molecule has 1 unspecified atom stereocenters. The van der Waals surface area contributed by atoms with Crippen LogP contribution < -0.4 is 31.4 Å². The third-order valence-electron chi connectivity index (χ3n) is 23.3. The number of anilines is 5. The van der Waals surface area contributed by atoms with Crippen LogP contribution in [0.25, 0.3) is 133 Å². The van der Waals surface area contributed by atoms with Gasteiger partial charge >= 0.3 is 0 Å². The summed E-state index contributed by atoms with van der Waals surface area (Å²) < 4.78 is 27.8. The molecular weight excluding hydrogens is 1300 g/mol. The molecule has 0 N–H and O–H groups in total. The number of allylic oxidation sites excluding steroid dienone is 2. The van der Waals surface area contributed by atoms with Crippen LogP contribution in [0.4, 0.5) is 28.4 Å². The Morgan fingerprint density at radius 3 is 1.55 bits per heavy atom. The maximum atomic E-state index is 7.02. The van der Waals surface area contributed by atoms with E-state index >= 15 is 0 Å². The van der Waals surface area contributed by atoms with Gasteiger partial charge in [0.2, 0.25) is 6.71 Å². The molecule has 21 rings (SSSR count). The number of para-hydroxylation sites is 7. The lowest BCUT2D eigenvalue weighted by Crippen LogP contribution is -2.61. The van der Waals surface area contributed by atoms with Crippen LogP contribution in [0.2, 0.25) is 0 Å². The molecule has 4 aromatic heterocycles. The fourth-order valence-electron chi connectivity index (χ4n) is 18.0. The van der Waals surface area contributed by atoms with E-state index in [1.165, 1.54) is 43.9 Å². The Hall–Kier alpha value is -12.6. The molecule has 107 heavy (non-hydrogen) atoms. The molecule has 13 aromatic carbocycles. The molecule has 0 saturated carbocycles. The van der Waals surface area contributed by atoms with Crippen molar-refractivity contribution < 1.29 is 17.7 Å². The van der Waals surface area contributed by atoms with E-state index in [2.05, 4.69) is 355 Å². The van der Waals surface area contributed by atoms with Gasteiger partial charge in [-0.25, -0.2) is 0 Å². The van der Waals surface area contributed by atoms with Gasteiger partial charge in [-0.05, 0) is 175 Å². The summed E-state index contributed by atoms with van der Waals surface area (Å²) in [6.45, 7) is 13.7. The van der Waals surface area contributed by atoms with Crippen molar-refractivity contribution in [2.45, 2.75) is 77.7 Å². The van der Waals surface area contributed by atoms with Gasteiger partial charge in [0.25, 0.3) is 0 Å². The number of fused-ring (bicyclic) bond motifs is 16. The van der Waals surface area contributed by atoms with E-state index in [-0.39, 0.29) is 23.6 Å². The molecule has 0 spiro atoms. The molecule has 0 saturated heterocycles. The first kappa shape index (κ1) is 62.9. The SMILES string of the molecule is CC(C)(C)c1cccc(/C=C(\c2cccc(C(C)(C)C)c2)c2cc3c4c(c2)N(c2cccc(-c5cccc6c5oc5ccccc56)c2)C2CC(C5=c6oc7ccccc7c6=CCC5)=CC=C2B4c2ccc(-c4cccc5c4oc4ccccc45)cc2N3c2cccc(-c3cccc4c3oc3ccccc34)c2)c1. The Morgan fingerprint density at radius 2 is 0.935 bits per heavy atom. The smallest absolute Gasteiger partial charge is 0.247 e. The van der Waals surface area contributed by atoms with Gasteiger partial charge in [0.1, 0.15) is 44.5 Å². The van der Waals surface area contributed by atoms with E-state index in [1.54, 1.807) is 0 Å². The highest BCUT2D eigenvalue weighted by Crippen LogP contribution is 2.52. The van der Waals surface area contributed by atoms with Gasteiger partial charge < -0.3 is 27.5 Å². The maximum Gasteiger partial charge on any atom is 0.247 e. The van der Waals surface area contributed by atoms with E-state index < -0.39 is 0 Å². The molecule has 2 aliphatic carbocycles. The molecule has 6 nitrogen and oxygen atoms in total. The van der Waals surface area contributed by atoms with E-state index in [4.69, 9.17) is 17.7 Å². The van der Waals surface area contributed by atoms with Gasteiger partial charge in [0.15, 0.2) is 0 Å². The van der Waals surface area contributed by atoms with Crippen molar-refractivity contribution in [2.24, 2.45) is 0 Å². The quantitative estimate of drug-likeness (QED) is 0.106. The summed E-state index contributed by atoms with van der Waals surface area (Å²) in [5.74, 6) is 0. The zero-order valence-corrected chi connectivity index (χ0v) is 60.7. The molecule has 1 atom stereocenters. The standard InChI is InChI=1S/C100H75BN2O4/c1-99(2,3)67-27-15-23-60(51-67)52-83(61-24-16-28-68(53-61)100(4,5)6)66-58-88-94-89(59-66)103(70-30-18-26-63(55-70)72-36-20-40-80-76-32-8-12-44-91(76)105-96(72)80)87-57-65(74-38-22-42-82-78-34-10-14-46-93(78)107-98(74)82)48-50-85(87)101(94)84-49-47-64(73-37-21-41-81-77-33-9-13-45-92(77)106-97(73)81)56-86(84)102(88)69-29-17-25-62(54-69)71-35-19-39-79-75-31-7-11-43-90(75)104-95(71)79/h7-21,23-37,39-56,58-59,87H,22,38,57H2,1-6H3/b83-52+. The number of hydrogen-bond donors (Lipinski definition) is 0. The van der Waals surface area contributed by atoms with Crippen LogP contribution in [0.3, 0.4) is 0 Å². The van der Waals surface area contributed by atoms with Crippen LogP contribution in [0.1, 0.15) is 88.6 Å². The molecule has 0 bridgehead atoms. The second-order valence-electron chi connectivity index (χ2n) is 31.7. The molecule has 17 aromatic rings. The second kappa shape index (κ2) is 24.0. The Balaban J connectivity index is 0.880. The summed E-state index contributed by atoms with van der Waals surface area (Å²) in [7, 11) is 0. The molecule has 0 fully saturated rings. The highest BCUT2D eigenvalue weighted by molar-refractivity contribution is 6.95. The first-order chi connectivity index (χ1) is 52.3. The maximum absolute atomic E-state index is 7.02. The van der Waals surface area contributed by atoms with Crippen molar-refractivity contribution in [1.29, 1.82) is 0 Å². The van der Waals surface area contributed by atoms with E-state index in [0.717, 1.165) is 186 Å². The normalized spacial score (nSPS) is 15.2. The largest absolute Gasteiger partial charge is 0.456 e. The zero-order valence-electron chi connectivity index (χ0n) is 60.7. The topological polar surface area (TPSA) is 59.0 Å². The molecule has 7 heteroatoms. The van der Waals surface area contributed by atoms with Crippen LogP contribution >= 0.6 is 0 Å². The van der Waals surface area contributed by atoms with Crippen molar-refractivity contribution in [3.05, 3.63) is 341 Å². The predicted octanol–water partition coefficient (Wildman–Crippen LogP) is 24.4. The summed E-state index contributed by atoms with van der Waals surface area (Å²) >= 11 is 0. The number of rotatable bonds is 9. The van der Waals surface area contributed by atoms with Crippen LogP contribution in [0, 0.1) is 0 Å². The Labute approximate surface area is 621 Å². The summed E-state index contributed by atoms with van der Waals surface area (Å²) in [4.78, 5) is 5.33. The highest BCUT2D eigenvalue weighted by Gasteiger charge is 2.48. The molecule has 512 valence electrons. The monoisotopic (exact) mass is 1380 g/mol. The minimum atomic E-state index is -0.193. The van der Waals surface area contributed by atoms with Gasteiger partial charge in [-0.2, -0.15) is 0 Å². The third kappa shape index (κ3) is 10.1. The fourth-order valence-corrected chi connectivity index (χ4v) is 18.0. The van der Waals surface area contributed by atoms with Crippen LogP contribution in [0.5, 0.6) is 0 Å². The number of nitrogens with zero attached hydrogens (tertiary/aromatic N) is 2. The molecule has 0 amide bonds. The molecule has 4 aliphatic rings. The molecular formula is C100H75BN2O4. The Morgan fingerprint density at radius 1 is 0.421 bits per heavy atom. The van der Waals surface area contributed by atoms with Crippen molar-refractivity contribution >= 4 is 146 Å². The van der Waals surface area contributed by atoms with Crippen molar-refractivity contribution in [1.82, 2.24) is 0 Å². The van der Waals surface area contributed by atoms with E-state index in [9.17, 15) is 0 Å². The van der Waals surface area contributed by atoms with E-state index in [1.807, 2.05) is 0 Å². The molecule has 2 aliphatic heterocycles. The van der Waals surface area contributed by atoms with Gasteiger partial charge in [-0.15, -0.1) is 0 Å². The highest BCUT2D eigenvalue weighted by atomic mass is 16.3. The molecule has 0 radical (unpaired) electrons. The van der Waals surface area contributed by atoms with Crippen LogP contribution in [-0.4, -0.2) is 12.8 Å². The lowest BCUT2D eigenvalue weighted by molar-refractivity contribution is 0.566. The number of benzene rings is 13. The van der Waals surface area contributed by atoms with Crippen molar-refractivity contribution in [3.8, 4) is 33.4 Å². The van der Waals surface area contributed by atoms with Gasteiger partial charge in [0, 0.05) is 88.0 Å². The Bertz CT molecular complexity index is 6870. The number of furan rings is 4. The summed E-state index contributed by atoms with van der Waals surface area (Å²) in [6, 6.07) is 103. The average molecular weight is 1380 g/mol. The second-order valence-corrected chi connectivity index (χ2v) is 31.7.